The molecule has 1 aromatic rings. The fourth-order valence-corrected chi connectivity index (χ4v) is 0.756. The van der Waals surface area contributed by atoms with E-state index in [1.807, 2.05) is 0 Å². The summed E-state index contributed by atoms with van der Waals surface area (Å²) in [6.07, 6.45) is 3.51. The molecular formula is C6H9Cl2CuN3O2. The monoisotopic (exact) mass is 288 g/mol. The van der Waals surface area contributed by atoms with Crippen molar-refractivity contribution >= 4 is 26.2 Å². The predicted molar refractivity (Wildman–Crippen MR) is 45.7 cm³/mol. The average Bonchev–Trinajstić information content (AvgIpc) is 2.58. The van der Waals surface area contributed by atoms with Gasteiger partial charge in [-0.1, -0.05) is 0 Å². The molecule has 85 valence electrons. The first-order valence-electron chi connectivity index (χ1n) is 3.42. The summed E-state index contributed by atoms with van der Waals surface area (Å²) >= 11 is 0.757. The van der Waals surface area contributed by atoms with E-state index in [0.29, 0.717) is 0 Å². The van der Waals surface area contributed by atoms with Crippen LogP contribution in [0.25, 0.3) is 0 Å². The van der Waals surface area contributed by atoms with Gasteiger partial charge in [0.25, 0.3) is 0 Å². The maximum atomic E-state index is 10.2. The van der Waals surface area contributed by atoms with Crippen LogP contribution in [0.15, 0.2) is 12.5 Å². The molecule has 1 unspecified atom stereocenters. The minimum atomic E-state index is -1.24. The first kappa shape index (κ1) is 13.7. The third-order valence-corrected chi connectivity index (χ3v) is 1.34. The fraction of sp³-hybridized carbons (Fsp3) is 0.333. The number of carbonyl (C=O) groups is 1. The number of aromatic nitrogens is 2. The van der Waals surface area contributed by atoms with Gasteiger partial charge in [-0.15, -0.1) is 0 Å². The summed E-state index contributed by atoms with van der Waals surface area (Å²) in [5.74, 6) is -1.24. The third kappa shape index (κ3) is 6.23. The number of carbonyl (C=O) groups excluding carboxylic acids is 1. The summed E-state index contributed by atoms with van der Waals surface area (Å²) in [6, 6.07) is -0.943. The quantitative estimate of drug-likeness (QED) is 0.686. The first-order valence-corrected chi connectivity index (χ1v) is 6.02. The second-order valence-corrected chi connectivity index (χ2v) is 3.85. The Morgan fingerprint density at radius 1 is 1.79 bits per heavy atom. The van der Waals surface area contributed by atoms with Gasteiger partial charge in [-0.3, -0.25) is 4.98 Å². The van der Waals surface area contributed by atoms with Crippen molar-refractivity contribution in [3.05, 3.63) is 18.2 Å². The molecule has 0 aliphatic heterocycles. The molecule has 1 atom stereocenters. The SMILES string of the molecule is NC(Cc1c[nH+]c[nH]1)C(=O)[O-].[Cl][Cu][Cl]. The van der Waals surface area contributed by atoms with Crippen molar-refractivity contribution in [3.8, 4) is 0 Å². The number of nitrogens with one attached hydrogen (secondary N) is 2. The Morgan fingerprint density at radius 2 is 2.36 bits per heavy atom. The molecule has 0 fully saturated rings. The predicted octanol–water partition coefficient (Wildman–Crippen LogP) is -1.17. The number of aromatic amines is 2. The summed E-state index contributed by atoms with van der Waals surface area (Å²) in [5.41, 5.74) is 5.96. The van der Waals surface area contributed by atoms with E-state index >= 15 is 0 Å². The van der Waals surface area contributed by atoms with Crippen molar-refractivity contribution in [2.75, 3.05) is 0 Å². The second kappa shape index (κ2) is 8.08. The Labute approximate surface area is 95.6 Å². The van der Waals surface area contributed by atoms with Crippen LogP contribution in [0.2, 0.25) is 0 Å². The van der Waals surface area contributed by atoms with Gasteiger partial charge in [0.15, 0.2) is 0 Å². The van der Waals surface area contributed by atoms with Crippen LogP contribution < -0.4 is 15.8 Å². The van der Waals surface area contributed by atoms with E-state index in [9.17, 15) is 9.90 Å². The molecule has 14 heavy (non-hydrogen) atoms. The number of carboxylic acids is 1. The van der Waals surface area contributed by atoms with E-state index in [2.05, 4.69) is 30.2 Å². The summed E-state index contributed by atoms with van der Waals surface area (Å²) in [6.45, 7) is 0. The molecule has 0 spiro atoms. The molecule has 0 amide bonds. The van der Waals surface area contributed by atoms with Crippen LogP contribution in [0, 0.1) is 0 Å². The van der Waals surface area contributed by atoms with Gasteiger partial charge < -0.3 is 15.6 Å². The molecule has 5 nitrogen and oxygen atoms in total. The standard InChI is InChI=1S/C6H9N3O2.2ClH.Cu/c7-5(6(10)11)1-4-2-8-3-9-4;;;/h2-3,5H,1,7H2,(H,8,9)(H,10,11);2*1H;/q;;;+2/p-2. The molecule has 0 aromatic carbocycles. The van der Waals surface area contributed by atoms with Crippen LogP contribution in [0.5, 0.6) is 0 Å². The fourth-order valence-electron chi connectivity index (χ4n) is 0.756. The van der Waals surface area contributed by atoms with Crippen LogP contribution >= 0.6 is 20.2 Å². The Morgan fingerprint density at radius 3 is 2.71 bits per heavy atom. The number of rotatable bonds is 3. The number of hydrogen-bond donors (Lipinski definition) is 2. The van der Waals surface area contributed by atoms with E-state index in [-0.39, 0.29) is 6.42 Å². The van der Waals surface area contributed by atoms with Gasteiger partial charge in [0.05, 0.1) is 12.0 Å². The zero-order chi connectivity index (χ0) is 11.0. The first-order chi connectivity index (χ1) is 6.61. The number of halogens is 2. The Balaban J connectivity index is 0.000000500. The number of hydrogen-bond acceptors (Lipinski definition) is 3. The normalized spacial score (nSPS) is 11.6. The number of nitrogens with two attached hydrogens (primary N) is 1. The Hall–Kier alpha value is -0.261. The molecule has 4 N–H and O–H groups in total. The molecule has 0 aliphatic rings. The Bertz CT molecular complexity index is 258. The van der Waals surface area contributed by atoms with Crippen LogP contribution in [-0.2, 0) is 24.3 Å². The Kier molecular flexibility index (Phi) is 7.93. The maximum absolute atomic E-state index is 10.2. The molecule has 1 heterocycles. The molecule has 0 saturated carbocycles. The van der Waals surface area contributed by atoms with Crippen molar-refractivity contribution in [1.82, 2.24) is 4.98 Å². The van der Waals surface area contributed by atoms with Crippen LogP contribution in [-0.4, -0.2) is 17.0 Å². The molecule has 1 aromatic heterocycles. The molecule has 0 bridgehead atoms. The molecule has 0 radical (unpaired) electrons. The second-order valence-electron chi connectivity index (χ2n) is 2.30. The van der Waals surface area contributed by atoms with Crippen molar-refractivity contribution in [2.24, 2.45) is 5.73 Å². The van der Waals surface area contributed by atoms with Crippen molar-refractivity contribution < 1.29 is 28.0 Å². The van der Waals surface area contributed by atoms with Crippen molar-refractivity contribution in [2.45, 2.75) is 12.5 Å². The number of H-pyrrole nitrogens is 2. The van der Waals surface area contributed by atoms with Crippen molar-refractivity contribution in [3.63, 3.8) is 0 Å². The summed E-state index contributed by atoms with van der Waals surface area (Å²) in [4.78, 5) is 15.7. The van der Waals surface area contributed by atoms with Gasteiger partial charge in [-0.2, -0.15) is 0 Å². The van der Waals surface area contributed by atoms with Crippen molar-refractivity contribution in [1.29, 1.82) is 0 Å². The van der Waals surface area contributed by atoms with E-state index in [4.69, 9.17) is 5.73 Å². The molecule has 1 rings (SSSR count). The van der Waals surface area contributed by atoms with E-state index in [1.165, 1.54) is 0 Å². The molecular weight excluding hydrogens is 281 g/mol. The summed E-state index contributed by atoms with van der Waals surface area (Å²) in [5, 5.41) is 10.2. The number of aliphatic carboxylic acids is 1. The number of carboxylic acid groups (broad SMARTS) is 1. The van der Waals surface area contributed by atoms with Crippen LogP contribution in [0.3, 0.4) is 0 Å². The van der Waals surface area contributed by atoms with Gasteiger partial charge in [-0.25, -0.2) is 4.98 Å². The topological polar surface area (TPSA) is 96.1 Å². The van der Waals surface area contributed by atoms with Gasteiger partial charge in [0.2, 0.25) is 6.33 Å². The molecule has 0 aliphatic carbocycles. The minimum absolute atomic E-state index is 0.256. The van der Waals surface area contributed by atoms with Crippen LogP contribution in [0.1, 0.15) is 5.69 Å². The summed E-state index contributed by atoms with van der Waals surface area (Å²) < 4.78 is 0. The zero-order valence-corrected chi connectivity index (χ0v) is 9.34. The molecule has 8 heteroatoms. The van der Waals surface area contributed by atoms with Gasteiger partial charge >= 0.3 is 33.3 Å². The van der Waals surface area contributed by atoms with E-state index < -0.39 is 12.0 Å². The van der Waals surface area contributed by atoms with E-state index in [1.54, 1.807) is 12.5 Å². The molecule has 0 saturated heterocycles. The summed E-state index contributed by atoms with van der Waals surface area (Å²) in [7, 11) is 9.34. The average molecular weight is 290 g/mol. The van der Waals surface area contributed by atoms with Gasteiger partial charge in [-0.05, 0) is 0 Å². The van der Waals surface area contributed by atoms with Gasteiger partial charge in [0, 0.05) is 6.42 Å². The van der Waals surface area contributed by atoms with E-state index in [0.717, 1.165) is 18.8 Å². The van der Waals surface area contributed by atoms with Crippen LogP contribution in [0.4, 0.5) is 0 Å². The van der Waals surface area contributed by atoms with Gasteiger partial charge in [0.1, 0.15) is 11.9 Å². The third-order valence-electron chi connectivity index (χ3n) is 1.34. The number of imidazole rings is 1. The zero-order valence-electron chi connectivity index (χ0n) is 6.89.